The molecule has 0 fully saturated rings. The van der Waals surface area contributed by atoms with Gasteiger partial charge < -0.3 is 5.73 Å². The molecule has 0 saturated carbocycles. The molecule has 0 amide bonds. The van der Waals surface area contributed by atoms with Crippen LogP contribution in [0.15, 0.2) is 35.5 Å². The summed E-state index contributed by atoms with van der Waals surface area (Å²) in [7, 11) is 0. The van der Waals surface area contributed by atoms with E-state index in [2.05, 4.69) is 32.3 Å². The molecule has 3 aromatic rings. The summed E-state index contributed by atoms with van der Waals surface area (Å²) in [5, 5.41) is 7.90. The summed E-state index contributed by atoms with van der Waals surface area (Å²) in [6.07, 6.45) is 3.46. The number of benzene rings is 1. The van der Waals surface area contributed by atoms with E-state index in [0.29, 0.717) is 11.5 Å². The predicted octanol–water partition coefficient (Wildman–Crippen LogP) is 2.32. The molecule has 0 bridgehead atoms. The minimum absolute atomic E-state index is 0.443. The van der Waals surface area contributed by atoms with Crippen LogP contribution in [0.25, 0.3) is 22.3 Å². The summed E-state index contributed by atoms with van der Waals surface area (Å²) in [5.41, 5.74) is 8.38. The highest BCUT2D eigenvalue weighted by atomic mass is 32.2. The molecular formula is C12H11N5S. The zero-order valence-corrected chi connectivity index (χ0v) is 10.5. The molecule has 2 heterocycles. The van der Waals surface area contributed by atoms with E-state index in [1.165, 1.54) is 11.2 Å². The van der Waals surface area contributed by atoms with Crippen molar-refractivity contribution in [3.05, 3.63) is 30.6 Å². The van der Waals surface area contributed by atoms with E-state index >= 15 is 0 Å². The van der Waals surface area contributed by atoms with Crippen molar-refractivity contribution in [2.45, 2.75) is 4.90 Å². The average Bonchev–Trinajstić information content (AvgIpc) is 2.84. The molecule has 3 N–H and O–H groups in total. The summed E-state index contributed by atoms with van der Waals surface area (Å²) >= 11 is 1.69. The summed E-state index contributed by atoms with van der Waals surface area (Å²) in [6.45, 7) is 0. The zero-order chi connectivity index (χ0) is 12.5. The van der Waals surface area contributed by atoms with Gasteiger partial charge in [0.05, 0.1) is 11.1 Å². The number of nitrogens with two attached hydrogens (primary N) is 1. The number of nitrogens with one attached hydrogen (secondary N) is 1. The van der Waals surface area contributed by atoms with Crippen LogP contribution in [0.1, 0.15) is 0 Å². The Bertz CT molecular complexity index is 707. The maximum Gasteiger partial charge on any atom is 0.186 e. The molecule has 0 spiro atoms. The highest BCUT2D eigenvalue weighted by molar-refractivity contribution is 7.98. The summed E-state index contributed by atoms with van der Waals surface area (Å²) in [5.74, 6) is 0.443. The van der Waals surface area contributed by atoms with Gasteiger partial charge in [-0.2, -0.15) is 5.10 Å². The standard InChI is InChI=1S/C12H11N5S/c1-18-8-4-2-3-7(5-8)10-9-11(13)14-6-15-12(9)17-16-10/h2-6H,1H3,(H3,13,14,15,16,17). The maximum absolute atomic E-state index is 5.89. The number of nitrogen functional groups attached to an aromatic ring is 1. The van der Waals surface area contributed by atoms with Gasteiger partial charge in [-0.15, -0.1) is 11.8 Å². The topological polar surface area (TPSA) is 80.5 Å². The fraction of sp³-hybridized carbons (Fsp3) is 0.0833. The van der Waals surface area contributed by atoms with Gasteiger partial charge in [-0.3, -0.25) is 5.10 Å². The van der Waals surface area contributed by atoms with Gasteiger partial charge in [0.25, 0.3) is 0 Å². The van der Waals surface area contributed by atoms with Crippen LogP contribution in [0.2, 0.25) is 0 Å². The second-order valence-corrected chi connectivity index (χ2v) is 4.67. The Hall–Kier alpha value is -2.08. The number of aromatic nitrogens is 4. The number of fused-ring (bicyclic) bond motifs is 1. The molecule has 0 aliphatic rings. The van der Waals surface area contributed by atoms with Crippen LogP contribution in [-0.2, 0) is 0 Å². The first-order chi connectivity index (χ1) is 8.79. The first-order valence-corrected chi connectivity index (χ1v) is 6.61. The lowest BCUT2D eigenvalue weighted by Gasteiger charge is -2.02. The Balaban J connectivity index is 2.25. The SMILES string of the molecule is CSc1cccc(-c2[nH]nc3ncnc(N)c23)c1. The molecule has 0 unspecified atom stereocenters. The molecular weight excluding hydrogens is 246 g/mol. The normalized spacial score (nSPS) is 10.9. The quantitative estimate of drug-likeness (QED) is 0.689. The van der Waals surface area contributed by atoms with Crippen molar-refractivity contribution >= 4 is 28.6 Å². The second-order valence-electron chi connectivity index (χ2n) is 3.79. The third-order valence-corrected chi connectivity index (χ3v) is 3.46. The van der Waals surface area contributed by atoms with E-state index in [1.54, 1.807) is 11.8 Å². The molecule has 0 atom stereocenters. The van der Waals surface area contributed by atoms with Crippen LogP contribution in [0.5, 0.6) is 0 Å². The third-order valence-electron chi connectivity index (χ3n) is 2.74. The molecule has 90 valence electrons. The lowest BCUT2D eigenvalue weighted by molar-refractivity contribution is 1.09. The Morgan fingerprint density at radius 1 is 1.28 bits per heavy atom. The van der Waals surface area contributed by atoms with Crippen molar-refractivity contribution in [3.8, 4) is 11.3 Å². The van der Waals surface area contributed by atoms with Gasteiger partial charge >= 0.3 is 0 Å². The summed E-state index contributed by atoms with van der Waals surface area (Å²) < 4.78 is 0. The van der Waals surface area contributed by atoms with Gasteiger partial charge in [-0.25, -0.2) is 9.97 Å². The van der Waals surface area contributed by atoms with E-state index in [9.17, 15) is 0 Å². The van der Waals surface area contributed by atoms with E-state index < -0.39 is 0 Å². The Morgan fingerprint density at radius 3 is 3.00 bits per heavy atom. The van der Waals surface area contributed by atoms with Gasteiger partial charge in [-0.1, -0.05) is 12.1 Å². The van der Waals surface area contributed by atoms with E-state index in [4.69, 9.17) is 5.73 Å². The molecule has 18 heavy (non-hydrogen) atoms. The van der Waals surface area contributed by atoms with E-state index in [1.807, 2.05) is 18.4 Å². The maximum atomic E-state index is 5.89. The highest BCUT2D eigenvalue weighted by Gasteiger charge is 2.12. The molecule has 1 aromatic carbocycles. The van der Waals surface area contributed by atoms with Gasteiger partial charge in [0.1, 0.15) is 12.1 Å². The van der Waals surface area contributed by atoms with Crippen molar-refractivity contribution in [2.24, 2.45) is 0 Å². The number of aromatic amines is 1. The van der Waals surface area contributed by atoms with Crippen LogP contribution in [0, 0.1) is 0 Å². The van der Waals surface area contributed by atoms with E-state index in [0.717, 1.165) is 16.6 Å². The lowest BCUT2D eigenvalue weighted by Crippen LogP contribution is -1.92. The third kappa shape index (κ3) is 1.70. The summed E-state index contributed by atoms with van der Waals surface area (Å²) in [4.78, 5) is 9.29. The van der Waals surface area contributed by atoms with Crippen LogP contribution in [-0.4, -0.2) is 26.4 Å². The number of nitrogens with zero attached hydrogens (tertiary/aromatic N) is 3. The van der Waals surface area contributed by atoms with Gasteiger partial charge in [0, 0.05) is 10.5 Å². The molecule has 0 radical (unpaired) electrons. The zero-order valence-electron chi connectivity index (χ0n) is 9.71. The molecule has 0 saturated heterocycles. The minimum atomic E-state index is 0.443. The molecule has 5 nitrogen and oxygen atoms in total. The van der Waals surface area contributed by atoms with Gasteiger partial charge in [0.2, 0.25) is 0 Å². The first kappa shape index (κ1) is 11.0. The van der Waals surface area contributed by atoms with Crippen molar-refractivity contribution in [3.63, 3.8) is 0 Å². The Morgan fingerprint density at radius 2 is 2.17 bits per heavy atom. The smallest absolute Gasteiger partial charge is 0.186 e. The van der Waals surface area contributed by atoms with Crippen molar-refractivity contribution in [1.29, 1.82) is 0 Å². The van der Waals surface area contributed by atoms with Gasteiger partial charge in [-0.05, 0) is 18.4 Å². The van der Waals surface area contributed by atoms with Crippen LogP contribution in [0.4, 0.5) is 5.82 Å². The number of anilines is 1. The molecule has 0 aliphatic carbocycles. The monoisotopic (exact) mass is 257 g/mol. The van der Waals surface area contributed by atoms with E-state index in [-0.39, 0.29) is 0 Å². The molecule has 3 rings (SSSR count). The largest absolute Gasteiger partial charge is 0.383 e. The number of H-pyrrole nitrogens is 1. The fourth-order valence-electron chi connectivity index (χ4n) is 1.87. The fourth-order valence-corrected chi connectivity index (χ4v) is 2.33. The van der Waals surface area contributed by atoms with Gasteiger partial charge in [0.15, 0.2) is 5.65 Å². The minimum Gasteiger partial charge on any atom is -0.383 e. The predicted molar refractivity (Wildman–Crippen MR) is 73.3 cm³/mol. The number of rotatable bonds is 2. The van der Waals surface area contributed by atoms with Crippen molar-refractivity contribution < 1.29 is 0 Å². The molecule has 0 aliphatic heterocycles. The highest BCUT2D eigenvalue weighted by Crippen LogP contribution is 2.30. The Kier molecular flexibility index (Phi) is 2.64. The first-order valence-electron chi connectivity index (χ1n) is 5.38. The van der Waals surface area contributed by atoms with Crippen LogP contribution >= 0.6 is 11.8 Å². The molecule has 2 aromatic heterocycles. The van der Waals surface area contributed by atoms with Crippen molar-refractivity contribution in [2.75, 3.05) is 12.0 Å². The van der Waals surface area contributed by atoms with Crippen LogP contribution in [0.3, 0.4) is 0 Å². The summed E-state index contributed by atoms with van der Waals surface area (Å²) in [6, 6.07) is 8.17. The number of hydrogen-bond acceptors (Lipinski definition) is 5. The Labute approximate surface area is 108 Å². The average molecular weight is 257 g/mol. The second kappa shape index (κ2) is 4.30. The number of hydrogen-bond donors (Lipinski definition) is 2. The van der Waals surface area contributed by atoms with Crippen molar-refractivity contribution in [1.82, 2.24) is 20.2 Å². The molecule has 6 heteroatoms. The lowest BCUT2D eigenvalue weighted by atomic mass is 10.1. The number of thioether (sulfide) groups is 1. The van der Waals surface area contributed by atoms with Crippen LogP contribution < -0.4 is 5.73 Å².